The third-order valence-corrected chi connectivity index (χ3v) is 2.62. The Morgan fingerprint density at radius 2 is 2.13 bits per heavy atom. The molecule has 0 aliphatic carbocycles. The Kier molecular flexibility index (Phi) is 2.45. The molecule has 5 nitrogen and oxygen atoms in total. The summed E-state index contributed by atoms with van der Waals surface area (Å²) < 4.78 is 1.76. The lowest BCUT2D eigenvalue weighted by Crippen LogP contribution is -2.37. The average molecular weight is 270 g/mol. The van der Waals surface area contributed by atoms with Crippen LogP contribution in [-0.2, 0) is 6.67 Å². The summed E-state index contributed by atoms with van der Waals surface area (Å²) in [6, 6.07) is 5.06. The van der Waals surface area contributed by atoms with Gasteiger partial charge in [0.2, 0.25) is 0 Å². The van der Waals surface area contributed by atoms with Crippen molar-refractivity contribution in [1.29, 1.82) is 0 Å². The maximum atomic E-state index is 11.7. The van der Waals surface area contributed by atoms with Crippen LogP contribution in [0, 0.1) is 0 Å². The van der Waals surface area contributed by atoms with E-state index >= 15 is 0 Å². The van der Waals surface area contributed by atoms with Gasteiger partial charge in [-0.3, -0.25) is 4.79 Å². The first kappa shape index (κ1) is 10.1. The Balaban J connectivity index is 2.98. The maximum absolute atomic E-state index is 11.7. The van der Waals surface area contributed by atoms with Crippen LogP contribution in [0.3, 0.4) is 0 Å². The maximum Gasteiger partial charge on any atom is 0.329 e. The molecule has 2 rings (SSSR count). The van der Waals surface area contributed by atoms with E-state index in [9.17, 15) is 9.59 Å². The topological polar surface area (TPSA) is 80.9 Å². The van der Waals surface area contributed by atoms with Crippen molar-refractivity contribution in [3.8, 4) is 0 Å². The van der Waals surface area contributed by atoms with E-state index < -0.39 is 5.69 Å². The predicted octanol–water partition coefficient (Wildman–Crippen LogP) is 0.368. The van der Waals surface area contributed by atoms with Crippen molar-refractivity contribution < 1.29 is 0 Å². The van der Waals surface area contributed by atoms with Crippen LogP contribution >= 0.6 is 15.9 Å². The lowest BCUT2D eigenvalue weighted by Gasteiger charge is -2.03. The van der Waals surface area contributed by atoms with Gasteiger partial charge in [-0.2, -0.15) is 0 Å². The normalized spacial score (nSPS) is 10.8. The largest absolute Gasteiger partial charge is 0.329 e. The predicted molar refractivity (Wildman–Crippen MR) is 60.7 cm³/mol. The highest BCUT2D eigenvalue weighted by Crippen LogP contribution is 2.13. The number of hydrogen-bond donors (Lipinski definition) is 2. The van der Waals surface area contributed by atoms with Crippen molar-refractivity contribution in [1.82, 2.24) is 9.55 Å². The summed E-state index contributed by atoms with van der Waals surface area (Å²) in [5.74, 6) is 0. The summed E-state index contributed by atoms with van der Waals surface area (Å²) in [5.41, 5.74) is 4.95. The molecule has 0 fully saturated rings. The summed E-state index contributed by atoms with van der Waals surface area (Å²) in [6.07, 6.45) is 0. The molecule has 6 heteroatoms. The van der Waals surface area contributed by atoms with Gasteiger partial charge in [-0.1, -0.05) is 15.9 Å². The molecular formula is C9H8BrN3O2. The first-order valence-electron chi connectivity index (χ1n) is 4.26. The van der Waals surface area contributed by atoms with Crippen molar-refractivity contribution >= 4 is 26.8 Å². The van der Waals surface area contributed by atoms with Gasteiger partial charge in [-0.15, -0.1) is 0 Å². The standard InChI is InChI=1S/C9H8BrN3O2/c10-5-1-2-6-7(3-5)12-9(15)13(4-11)8(6)14/h1-3H,4,11H2,(H,12,15). The van der Waals surface area contributed by atoms with E-state index in [4.69, 9.17) is 5.73 Å². The van der Waals surface area contributed by atoms with E-state index in [-0.39, 0.29) is 12.2 Å². The van der Waals surface area contributed by atoms with Crippen molar-refractivity contribution in [3.63, 3.8) is 0 Å². The van der Waals surface area contributed by atoms with Gasteiger partial charge in [0.05, 0.1) is 17.6 Å². The fourth-order valence-electron chi connectivity index (χ4n) is 1.39. The zero-order valence-electron chi connectivity index (χ0n) is 7.66. The van der Waals surface area contributed by atoms with E-state index in [2.05, 4.69) is 20.9 Å². The van der Waals surface area contributed by atoms with Crippen LogP contribution in [0.4, 0.5) is 0 Å². The van der Waals surface area contributed by atoms with E-state index in [1.165, 1.54) is 0 Å². The molecule has 0 atom stereocenters. The Hall–Kier alpha value is -1.40. The Morgan fingerprint density at radius 1 is 1.40 bits per heavy atom. The number of nitrogens with zero attached hydrogens (tertiary/aromatic N) is 1. The molecule has 0 amide bonds. The van der Waals surface area contributed by atoms with Gasteiger partial charge in [0.15, 0.2) is 0 Å². The second-order valence-electron chi connectivity index (χ2n) is 3.04. The number of nitrogens with one attached hydrogen (secondary N) is 1. The number of fused-ring (bicyclic) bond motifs is 1. The third kappa shape index (κ3) is 1.62. The molecule has 0 saturated carbocycles. The number of nitrogens with two attached hydrogens (primary N) is 1. The number of H-pyrrole nitrogens is 1. The minimum absolute atomic E-state index is 0.125. The molecule has 2 aromatic rings. The highest BCUT2D eigenvalue weighted by atomic mass is 79.9. The number of aromatic amines is 1. The van der Waals surface area contributed by atoms with Gasteiger partial charge < -0.3 is 10.7 Å². The molecule has 15 heavy (non-hydrogen) atoms. The first-order valence-corrected chi connectivity index (χ1v) is 5.05. The molecular weight excluding hydrogens is 262 g/mol. The summed E-state index contributed by atoms with van der Waals surface area (Å²) in [5, 5.41) is 0.447. The molecule has 0 aliphatic rings. The highest BCUT2D eigenvalue weighted by molar-refractivity contribution is 9.10. The van der Waals surface area contributed by atoms with Crippen molar-refractivity contribution in [3.05, 3.63) is 43.5 Å². The number of hydrogen-bond acceptors (Lipinski definition) is 3. The fraction of sp³-hybridized carbons (Fsp3) is 0.111. The van der Waals surface area contributed by atoms with Gasteiger partial charge in [-0.25, -0.2) is 9.36 Å². The van der Waals surface area contributed by atoms with E-state index in [0.29, 0.717) is 10.9 Å². The van der Waals surface area contributed by atoms with E-state index in [1.807, 2.05) is 0 Å². The molecule has 0 bridgehead atoms. The quantitative estimate of drug-likeness (QED) is 0.785. The Morgan fingerprint density at radius 3 is 2.80 bits per heavy atom. The Labute approximate surface area is 92.7 Å². The molecule has 0 spiro atoms. The van der Waals surface area contributed by atoms with Gasteiger partial charge in [0.1, 0.15) is 0 Å². The van der Waals surface area contributed by atoms with Crippen LogP contribution in [0.15, 0.2) is 32.3 Å². The number of halogens is 1. The molecule has 1 aromatic carbocycles. The van der Waals surface area contributed by atoms with Crippen molar-refractivity contribution in [2.24, 2.45) is 5.73 Å². The Bertz CT molecular complexity index is 629. The summed E-state index contributed by atoms with van der Waals surface area (Å²) >= 11 is 3.26. The molecule has 0 unspecified atom stereocenters. The summed E-state index contributed by atoms with van der Waals surface area (Å²) in [4.78, 5) is 25.7. The smallest absolute Gasteiger partial charge is 0.313 e. The molecule has 78 valence electrons. The minimum atomic E-state index is -0.492. The number of benzene rings is 1. The number of aromatic nitrogens is 2. The highest BCUT2D eigenvalue weighted by Gasteiger charge is 2.05. The van der Waals surface area contributed by atoms with Gasteiger partial charge in [-0.05, 0) is 18.2 Å². The van der Waals surface area contributed by atoms with Crippen LogP contribution in [0.25, 0.3) is 10.9 Å². The lowest BCUT2D eigenvalue weighted by molar-refractivity contribution is 0.661. The molecule has 0 saturated heterocycles. The van der Waals surface area contributed by atoms with Gasteiger partial charge in [0.25, 0.3) is 5.56 Å². The zero-order valence-corrected chi connectivity index (χ0v) is 9.24. The van der Waals surface area contributed by atoms with Crippen LogP contribution in [0.2, 0.25) is 0 Å². The summed E-state index contributed by atoms with van der Waals surface area (Å²) in [6.45, 7) is -0.125. The molecule has 1 heterocycles. The second kappa shape index (κ2) is 3.63. The summed E-state index contributed by atoms with van der Waals surface area (Å²) in [7, 11) is 0. The van der Waals surface area contributed by atoms with Gasteiger partial charge >= 0.3 is 5.69 Å². The minimum Gasteiger partial charge on any atom is -0.313 e. The van der Waals surface area contributed by atoms with Crippen molar-refractivity contribution in [2.45, 2.75) is 6.67 Å². The van der Waals surface area contributed by atoms with Crippen LogP contribution < -0.4 is 17.0 Å². The molecule has 0 radical (unpaired) electrons. The first-order chi connectivity index (χ1) is 7.13. The van der Waals surface area contributed by atoms with Gasteiger partial charge in [0, 0.05) is 4.47 Å². The van der Waals surface area contributed by atoms with E-state index in [1.54, 1.807) is 18.2 Å². The van der Waals surface area contributed by atoms with Crippen molar-refractivity contribution in [2.75, 3.05) is 0 Å². The molecule has 1 aromatic heterocycles. The fourth-order valence-corrected chi connectivity index (χ4v) is 1.75. The SMILES string of the molecule is NCn1c(=O)[nH]c2cc(Br)ccc2c1=O. The molecule has 0 aliphatic heterocycles. The third-order valence-electron chi connectivity index (χ3n) is 2.13. The van der Waals surface area contributed by atoms with Crippen LogP contribution in [0.5, 0.6) is 0 Å². The molecule has 3 N–H and O–H groups in total. The van der Waals surface area contributed by atoms with Crippen LogP contribution in [-0.4, -0.2) is 9.55 Å². The van der Waals surface area contributed by atoms with E-state index in [0.717, 1.165) is 9.04 Å². The monoisotopic (exact) mass is 269 g/mol. The number of rotatable bonds is 1. The van der Waals surface area contributed by atoms with Crippen LogP contribution in [0.1, 0.15) is 0 Å². The average Bonchev–Trinajstić information content (AvgIpc) is 2.17. The second-order valence-corrected chi connectivity index (χ2v) is 3.95. The lowest BCUT2D eigenvalue weighted by atomic mass is 10.2. The zero-order chi connectivity index (χ0) is 11.0.